The minimum absolute atomic E-state index is 0.0760. The summed E-state index contributed by atoms with van der Waals surface area (Å²) < 4.78 is 0. The molecule has 1 heterocycles. The fourth-order valence-corrected chi connectivity index (χ4v) is 3.19. The van der Waals surface area contributed by atoms with Gasteiger partial charge in [-0.3, -0.25) is 4.79 Å². The molecule has 1 aliphatic carbocycles. The molecule has 0 saturated heterocycles. The molecule has 0 spiro atoms. The lowest BCUT2D eigenvalue weighted by atomic mass is 9.84. The van der Waals surface area contributed by atoms with Crippen LogP contribution in [-0.2, 0) is 11.3 Å². The van der Waals surface area contributed by atoms with E-state index in [1.165, 1.54) is 16.8 Å². The van der Waals surface area contributed by atoms with Crippen molar-refractivity contribution in [2.24, 2.45) is 11.7 Å². The van der Waals surface area contributed by atoms with Crippen molar-refractivity contribution in [3.63, 3.8) is 0 Å². The second-order valence-corrected chi connectivity index (χ2v) is 6.46. The van der Waals surface area contributed by atoms with Gasteiger partial charge in [0.25, 0.3) is 0 Å². The van der Waals surface area contributed by atoms with E-state index in [0.29, 0.717) is 18.3 Å². The van der Waals surface area contributed by atoms with Crippen LogP contribution in [0.2, 0.25) is 0 Å². The lowest BCUT2D eigenvalue weighted by Crippen LogP contribution is -2.45. The number of hydrogen-bond acceptors (Lipinski definition) is 5. The van der Waals surface area contributed by atoms with Crippen molar-refractivity contribution < 1.29 is 4.79 Å². The van der Waals surface area contributed by atoms with Crippen LogP contribution >= 0.6 is 0 Å². The van der Waals surface area contributed by atoms with Gasteiger partial charge in [-0.25, -0.2) is 0 Å². The molecule has 1 saturated carbocycles. The zero-order chi connectivity index (χ0) is 16.9. The maximum absolute atomic E-state index is 12.3. The van der Waals surface area contributed by atoms with Crippen molar-refractivity contribution in [2.75, 3.05) is 6.54 Å². The zero-order valence-corrected chi connectivity index (χ0v) is 14.0. The lowest BCUT2D eigenvalue weighted by Gasteiger charge is -2.31. The van der Waals surface area contributed by atoms with E-state index in [4.69, 9.17) is 5.73 Å². The van der Waals surface area contributed by atoms with E-state index >= 15 is 0 Å². The first-order valence-electron chi connectivity index (χ1n) is 8.50. The summed E-state index contributed by atoms with van der Waals surface area (Å²) in [5.41, 5.74) is 7.87. The van der Waals surface area contributed by atoms with Gasteiger partial charge >= 0.3 is 0 Å². The molecule has 2 aromatic rings. The van der Waals surface area contributed by atoms with Gasteiger partial charge in [0.1, 0.15) is 6.54 Å². The molecule has 0 bridgehead atoms. The van der Waals surface area contributed by atoms with Gasteiger partial charge < -0.3 is 11.1 Å². The third-order valence-electron chi connectivity index (χ3n) is 4.61. The third kappa shape index (κ3) is 3.97. The van der Waals surface area contributed by atoms with Gasteiger partial charge in [0.05, 0.1) is 0 Å². The highest BCUT2D eigenvalue weighted by Crippen LogP contribution is 2.23. The van der Waals surface area contributed by atoms with Gasteiger partial charge in [0.2, 0.25) is 11.7 Å². The minimum Gasteiger partial charge on any atom is -0.351 e. The number of tetrazole rings is 1. The number of nitrogens with zero attached hydrogens (tertiary/aromatic N) is 4. The van der Waals surface area contributed by atoms with E-state index in [9.17, 15) is 4.79 Å². The summed E-state index contributed by atoms with van der Waals surface area (Å²) in [6, 6.07) is 8.06. The summed E-state index contributed by atoms with van der Waals surface area (Å²) in [5, 5.41) is 15.4. The number of rotatable bonds is 5. The monoisotopic (exact) mass is 328 g/mol. The van der Waals surface area contributed by atoms with Gasteiger partial charge in [-0.2, -0.15) is 4.80 Å². The Labute approximate surface area is 141 Å². The second kappa shape index (κ2) is 7.53. The first kappa shape index (κ1) is 16.6. The van der Waals surface area contributed by atoms with Crippen LogP contribution in [0.1, 0.15) is 31.2 Å². The molecule has 0 radical (unpaired) electrons. The van der Waals surface area contributed by atoms with Crippen molar-refractivity contribution in [3.05, 3.63) is 29.8 Å². The summed E-state index contributed by atoms with van der Waals surface area (Å²) in [5.74, 6) is 0.808. The van der Waals surface area contributed by atoms with E-state index in [-0.39, 0.29) is 18.5 Å². The normalized spacial score (nSPS) is 20.8. The SMILES string of the molecule is Cc1ccc(-c2nnn(CC(=O)NC3CCCCC3CN)n2)cc1. The van der Waals surface area contributed by atoms with Crippen molar-refractivity contribution in [1.29, 1.82) is 0 Å². The summed E-state index contributed by atoms with van der Waals surface area (Å²) in [7, 11) is 0. The van der Waals surface area contributed by atoms with Crippen LogP contribution in [0.15, 0.2) is 24.3 Å². The summed E-state index contributed by atoms with van der Waals surface area (Å²) in [4.78, 5) is 13.6. The standard InChI is InChI=1S/C17H24N6O/c1-12-6-8-13(9-7-12)17-20-22-23(21-17)11-16(24)19-15-5-3-2-4-14(15)10-18/h6-9,14-15H,2-5,10-11,18H2,1H3,(H,19,24). The van der Waals surface area contributed by atoms with E-state index < -0.39 is 0 Å². The van der Waals surface area contributed by atoms with Crippen LogP contribution in [0.5, 0.6) is 0 Å². The van der Waals surface area contributed by atoms with Crippen LogP contribution < -0.4 is 11.1 Å². The minimum atomic E-state index is -0.0896. The molecule has 1 amide bonds. The molecule has 24 heavy (non-hydrogen) atoms. The number of nitrogens with one attached hydrogen (secondary N) is 1. The molecule has 7 heteroatoms. The summed E-state index contributed by atoms with van der Waals surface area (Å²) in [6.45, 7) is 2.72. The smallest absolute Gasteiger partial charge is 0.243 e. The first-order valence-corrected chi connectivity index (χ1v) is 8.50. The summed E-state index contributed by atoms with van der Waals surface area (Å²) in [6.07, 6.45) is 4.41. The zero-order valence-electron chi connectivity index (χ0n) is 14.0. The molecule has 1 fully saturated rings. The summed E-state index contributed by atoms with van der Waals surface area (Å²) >= 11 is 0. The Kier molecular flexibility index (Phi) is 5.20. The number of hydrogen-bond donors (Lipinski definition) is 2. The van der Waals surface area contributed by atoms with Gasteiger partial charge in [-0.15, -0.1) is 10.2 Å². The molecule has 3 rings (SSSR count). The van der Waals surface area contributed by atoms with Gasteiger partial charge in [0.15, 0.2) is 0 Å². The topological polar surface area (TPSA) is 98.7 Å². The van der Waals surface area contributed by atoms with Crippen molar-refractivity contribution in [2.45, 2.75) is 45.2 Å². The van der Waals surface area contributed by atoms with Crippen LogP contribution in [-0.4, -0.2) is 38.7 Å². The van der Waals surface area contributed by atoms with Gasteiger partial charge in [0, 0.05) is 11.6 Å². The quantitative estimate of drug-likeness (QED) is 0.861. The molecular weight excluding hydrogens is 304 g/mol. The molecule has 128 valence electrons. The highest BCUT2D eigenvalue weighted by atomic mass is 16.2. The number of amides is 1. The number of aromatic nitrogens is 4. The molecule has 3 N–H and O–H groups in total. The maximum Gasteiger partial charge on any atom is 0.243 e. The Balaban J connectivity index is 1.59. The van der Waals surface area contributed by atoms with Crippen LogP contribution in [0.3, 0.4) is 0 Å². The van der Waals surface area contributed by atoms with Crippen molar-refractivity contribution in [3.8, 4) is 11.4 Å². The highest BCUT2D eigenvalue weighted by molar-refractivity contribution is 5.75. The van der Waals surface area contributed by atoms with Crippen LogP contribution in [0, 0.1) is 12.8 Å². The molecule has 1 aromatic heterocycles. The van der Waals surface area contributed by atoms with Gasteiger partial charge in [-0.1, -0.05) is 42.7 Å². The molecule has 1 aliphatic rings. The number of aryl methyl sites for hydroxylation is 1. The van der Waals surface area contributed by atoms with Gasteiger partial charge in [-0.05, 0) is 37.4 Å². The molecule has 1 aromatic carbocycles. The predicted molar refractivity (Wildman–Crippen MR) is 90.9 cm³/mol. The Hall–Kier alpha value is -2.28. The fourth-order valence-electron chi connectivity index (χ4n) is 3.19. The molecular formula is C17H24N6O. The third-order valence-corrected chi connectivity index (χ3v) is 4.61. The Morgan fingerprint density at radius 1 is 1.29 bits per heavy atom. The highest BCUT2D eigenvalue weighted by Gasteiger charge is 2.25. The molecule has 7 nitrogen and oxygen atoms in total. The Morgan fingerprint density at radius 2 is 2.04 bits per heavy atom. The fraction of sp³-hybridized carbons (Fsp3) is 0.529. The van der Waals surface area contributed by atoms with E-state index in [0.717, 1.165) is 24.8 Å². The van der Waals surface area contributed by atoms with E-state index in [2.05, 4.69) is 20.7 Å². The molecule has 0 aliphatic heterocycles. The number of benzene rings is 1. The van der Waals surface area contributed by atoms with E-state index in [1.54, 1.807) is 0 Å². The van der Waals surface area contributed by atoms with Crippen LogP contribution in [0.25, 0.3) is 11.4 Å². The maximum atomic E-state index is 12.3. The first-order chi connectivity index (χ1) is 11.7. The van der Waals surface area contributed by atoms with E-state index in [1.807, 2.05) is 31.2 Å². The predicted octanol–water partition coefficient (Wildman–Crippen LogP) is 1.28. The number of nitrogens with two attached hydrogens (primary N) is 1. The average Bonchev–Trinajstić information content (AvgIpc) is 3.04. The lowest BCUT2D eigenvalue weighted by molar-refractivity contribution is -0.123. The molecule has 2 atom stereocenters. The number of carbonyl (C=O) groups excluding carboxylic acids is 1. The number of carbonyl (C=O) groups is 1. The second-order valence-electron chi connectivity index (χ2n) is 6.46. The van der Waals surface area contributed by atoms with Crippen LogP contribution in [0.4, 0.5) is 0 Å². The molecule has 2 unspecified atom stereocenters. The largest absolute Gasteiger partial charge is 0.351 e. The Morgan fingerprint density at radius 3 is 2.79 bits per heavy atom. The Bertz CT molecular complexity index is 681. The van der Waals surface area contributed by atoms with Crippen molar-refractivity contribution in [1.82, 2.24) is 25.5 Å². The van der Waals surface area contributed by atoms with Crippen molar-refractivity contribution >= 4 is 5.91 Å². The average molecular weight is 328 g/mol.